The molecule has 0 unspecified atom stereocenters. The van der Waals surface area contributed by atoms with Crippen LogP contribution in [0.25, 0.3) is 0 Å². The molecule has 0 bridgehead atoms. The molecule has 1 heterocycles. The lowest BCUT2D eigenvalue weighted by atomic mass is 9.84. The van der Waals surface area contributed by atoms with E-state index >= 15 is 0 Å². The van der Waals surface area contributed by atoms with Crippen LogP contribution in [-0.2, 0) is 9.59 Å². The molecular formula is C12H17NO3. The van der Waals surface area contributed by atoms with Gasteiger partial charge in [0.2, 0.25) is 11.8 Å². The van der Waals surface area contributed by atoms with Crippen molar-refractivity contribution in [1.82, 2.24) is 4.90 Å². The quantitative estimate of drug-likeness (QED) is 0.705. The second-order valence-electron chi connectivity index (χ2n) is 5.58. The van der Waals surface area contributed by atoms with E-state index in [1.165, 1.54) is 4.90 Å². The summed E-state index contributed by atoms with van der Waals surface area (Å²) in [7, 11) is 0. The van der Waals surface area contributed by atoms with Crippen LogP contribution in [-0.4, -0.2) is 34.0 Å². The normalized spacial score (nSPS) is 30.4. The predicted molar refractivity (Wildman–Crippen MR) is 56.4 cm³/mol. The van der Waals surface area contributed by atoms with Gasteiger partial charge in [0.05, 0.1) is 17.6 Å². The molecule has 3 rings (SSSR count). The molecule has 0 radical (unpaired) electrons. The number of likely N-dealkylation sites (tertiary alicyclic amines) is 1. The van der Waals surface area contributed by atoms with Gasteiger partial charge in [0.15, 0.2) is 0 Å². The largest absolute Gasteiger partial charge is 0.394 e. The summed E-state index contributed by atoms with van der Waals surface area (Å²) in [6.07, 6.45) is 5.75. The van der Waals surface area contributed by atoms with E-state index < -0.39 is 5.54 Å². The number of hydrogen-bond acceptors (Lipinski definition) is 3. The van der Waals surface area contributed by atoms with E-state index in [0.717, 1.165) is 38.5 Å². The monoisotopic (exact) mass is 223 g/mol. The number of amides is 2. The predicted octanol–water partition coefficient (Wildman–Crippen LogP) is 0.831. The van der Waals surface area contributed by atoms with Gasteiger partial charge in [-0.15, -0.1) is 0 Å². The highest BCUT2D eigenvalue weighted by atomic mass is 16.3. The zero-order valence-electron chi connectivity index (χ0n) is 9.37. The Bertz CT molecular complexity index is 353. The fraction of sp³-hybridized carbons (Fsp3) is 0.833. The van der Waals surface area contributed by atoms with Crippen LogP contribution in [0.15, 0.2) is 0 Å². The van der Waals surface area contributed by atoms with Crippen molar-refractivity contribution in [2.75, 3.05) is 6.61 Å². The highest BCUT2D eigenvalue weighted by Gasteiger charge is 2.62. The number of rotatable bonds is 2. The molecule has 3 fully saturated rings. The topological polar surface area (TPSA) is 57.6 Å². The number of aliphatic hydroxyl groups is 1. The fourth-order valence-electron chi connectivity index (χ4n) is 3.31. The maximum atomic E-state index is 12.4. The Kier molecular flexibility index (Phi) is 1.97. The highest BCUT2D eigenvalue weighted by Crippen LogP contribution is 2.53. The Morgan fingerprint density at radius 1 is 1.12 bits per heavy atom. The Morgan fingerprint density at radius 3 is 2.25 bits per heavy atom. The molecule has 0 atom stereocenters. The Hall–Kier alpha value is -0.900. The summed E-state index contributed by atoms with van der Waals surface area (Å²) in [5.74, 6) is -0.0556. The van der Waals surface area contributed by atoms with Gasteiger partial charge in [-0.3, -0.25) is 14.5 Å². The fourth-order valence-corrected chi connectivity index (χ4v) is 3.31. The number of carbonyl (C=O) groups is 2. The van der Waals surface area contributed by atoms with Crippen LogP contribution in [0.1, 0.15) is 44.9 Å². The number of carbonyl (C=O) groups excluding carboxylic acids is 2. The van der Waals surface area contributed by atoms with E-state index in [2.05, 4.69) is 0 Å². The average Bonchev–Trinajstić information content (AvgIpc) is 2.83. The summed E-state index contributed by atoms with van der Waals surface area (Å²) in [5.41, 5.74) is -0.901. The van der Waals surface area contributed by atoms with Gasteiger partial charge >= 0.3 is 0 Å². The lowest BCUT2D eigenvalue weighted by Crippen LogP contribution is -2.46. The second kappa shape index (κ2) is 3.06. The maximum Gasteiger partial charge on any atom is 0.236 e. The molecule has 1 spiro atoms. The van der Waals surface area contributed by atoms with Gasteiger partial charge in [-0.1, -0.05) is 12.8 Å². The molecule has 1 N–H and O–H groups in total. The molecule has 3 aliphatic rings. The van der Waals surface area contributed by atoms with Gasteiger partial charge in [-0.2, -0.15) is 0 Å². The second-order valence-corrected chi connectivity index (χ2v) is 5.58. The third-order valence-corrected chi connectivity index (χ3v) is 4.55. The summed E-state index contributed by atoms with van der Waals surface area (Å²) >= 11 is 0. The van der Waals surface area contributed by atoms with Crippen LogP contribution < -0.4 is 0 Å². The van der Waals surface area contributed by atoms with E-state index in [1.807, 2.05) is 0 Å². The minimum atomic E-state index is -0.514. The van der Waals surface area contributed by atoms with Crippen LogP contribution in [0.2, 0.25) is 0 Å². The summed E-state index contributed by atoms with van der Waals surface area (Å²) in [5, 5.41) is 9.34. The van der Waals surface area contributed by atoms with E-state index in [1.54, 1.807) is 0 Å². The molecule has 1 aliphatic heterocycles. The van der Waals surface area contributed by atoms with E-state index in [0.29, 0.717) is 6.42 Å². The molecule has 4 heteroatoms. The molecular weight excluding hydrogens is 206 g/mol. The molecule has 2 aliphatic carbocycles. The molecule has 88 valence electrons. The minimum Gasteiger partial charge on any atom is -0.394 e. The average molecular weight is 223 g/mol. The molecule has 2 saturated carbocycles. The SMILES string of the molecule is O=C1CC2(CCCC2)C(=O)N1C1(CO)CC1. The molecule has 0 aromatic rings. The van der Waals surface area contributed by atoms with E-state index in [9.17, 15) is 14.7 Å². The number of imide groups is 1. The molecule has 0 aromatic carbocycles. The van der Waals surface area contributed by atoms with E-state index in [4.69, 9.17) is 0 Å². The van der Waals surface area contributed by atoms with Crippen molar-refractivity contribution >= 4 is 11.8 Å². The van der Waals surface area contributed by atoms with Crippen LogP contribution in [0.4, 0.5) is 0 Å². The summed E-state index contributed by atoms with van der Waals surface area (Å²) < 4.78 is 0. The first-order valence-electron chi connectivity index (χ1n) is 6.12. The Balaban J connectivity index is 1.91. The van der Waals surface area contributed by atoms with Gasteiger partial charge < -0.3 is 5.11 Å². The minimum absolute atomic E-state index is 0.00144. The summed E-state index contributed by atoms with van der Waals surface area (Å²) in [4.78, 5) is 25.8. The number of hydrogen-bond donors (Lipinski definition) is 1. The summed E-state index contributed by atoms with van der Waals surface area (Å²) in [6.45, 7) is -0.0689. The van der Waals surface area contributed by atoms with Crippen molar-refractivity contribution in [2.24, 2.45) is 5.41 Å². The molecule has 1 saturated heterocycles. The lowest BCUT2D eigenvalue weighted by Gasteiger charge is -2.26. The van der Waals surface area contributed by atoms with Crippen molar-refractivity contribution in [3.63, 3.8) is 0 Å². The first kappa shape index (κ1) is 10.3. The Labute approximate surface area is 94.6 Å². The molecule has 0 aromatic heterocycles. The van der Waals surface area contributed by atoms with Crippen LogP contribution in [0.3, 0.4) is 0 Å². The zero-order valence-corrected chi connectivity index (χ0v) is 9.37. The van der Waals surface area contributed by atoms with Crippen molar-refractivity contribution in [3.05, 3.63) is 0 Å². The first-order chi connectivity index (χ1) is 7.64. The lowest BCUT2D eigenvalue weighted by molar-refractivity contribution is -0.146. The zero-order chi connectivity index (χ0) is 11.4. The first-order valence-corrected chi connectivity index (χ1v) is 6.12. The smallest absolute Gasteiger partial charge is 0.236 e. The van der Waals surface area contributed by atoms with Crippen molar-refractivity contribution in [1.29, 1.82) is 0 Å². The number of nitrogens with zero attached hydrogens (tertiary/aromatic N) is 1. The third-order valence-electron chi connectivity index (χ3n) is 4.55. The molecule has 16 heavy (non-hydrogen) atoms. The standard InChI is InChI=1S/C12H17NO3/c14-8-12(5-6-12)13-9(15)7-11(10(13)16)3-1-2-4-11/h14H,1-8H2. The van der Waals surface area contributed by atoms with Gasteiger partial charge in [0.25, 0.3) is 0 Å². The number of aliphatic hydroxyl groups excluding tert-OH is 1. The van der Waals surface area contributed by atoms with Crippen molar-refractivity contribution in [3.8, 4) is 0 Å². The maximum absolute atomic E-state index is 12.4. The van der Waals surface area contributed by atoms with Gasteiger partial charge in [0, 0.05) is 6.42 Å². The van der Waals surface area contributed by atoms with E-state index in [-0.39, 0.29) is 23.8 Å². The van der Waals surface area contributed by atoms with Crippen LogP contribution in [0, 0.1) is 5.41 Å². The Morgan fingerprint density at radius 2 is 1.75 bits per heavy atom. The highest BCUT2D eigenvalue weighted by molar-refractivity contribution is 6.07. The van der Waals surface area contributed by atoms with Gasteiger partial charge in [0.1, 0.15) is 0 Å². The molecule has 2 amide bonds. The third kappa shape index (κ3) is 1.14. The van der Waals surface area contributed by atoms with Crippen LogP contribution >= 0.6 is 0 Å². The van der Waals surface area contributed by atoms with Gasteiger partial charge in [-0.05, 0) is 25.7 Å². The van der Waals surface area contributed by atoms with Crippen LogP contribution in [0.5, 0.6) is 0 Å². The van der Waals surface area contributed by atoms with Crippen molar-refractivity contribution in [2.45, 2.75) is 50.5 Å². The van der Waals surface area contributed by atoms with Gasteiger partial charge in [-0.25, -0.2) is 0 Å². The summed E-state index contributed by atoms with van der Waals surface area (Å²) in [6, 6.07) is 0. The molecule has 4 nitrogen and oxygen atoms in total. The van der Waals surface area contributed by atoms with Crippen molar-refractivity contribution < 1.29 is 14.7 Å².